The molecule has 2 aromatic heterocycles. The van der Waals surface area contributed by atoms with Gasteiger partial charge >= 0.3 is 6.03 Å². The standard InChI is InChI=1S/C28H25F2N3O2S/c1-35-19-7-4-6-17(14-19)26-24-9-5-13-32(24)27-21(20-8-2-3-10-25(20)36-27)16-33(26)28(34)31-23-15-18(29)11-12-22(23)30/h4-7,9,11-15,26H,2-3,8,10,16H2,1H3,(H,31,34). The van der Waals surface area contributed by atoms with Crippen LogP contribution in [-0.4, -0.2) is 22.6 Å². The molecule has 2 amide bonds. The molecule has 4 aromatic rings. The fraction of sp³-hybridized carbons (Fsp3) is 0.250. The lowest BCUT2D eigenvalue weighted by Gasteiger charge is -2.31. The van der Waals surface area contributed by atoms with Crippen LogP contribution in [0, 0.1) is 11.6 Å². The van der Waals surface area contributed by atoms with E-state index in [2.05, 4.69) is 9.88 Å². The van der Waals surface area contributed by atoms with Gasteiger partial charge in [0.1, 0.15) is 22.4 Å². The van der Waals surface area contributed by atoms with Crippen LogP contribution < -0.4 is 10.1 Å². The molecule has 36 heavy (non-hydrogen) atoms. The third-order valence-electron chi connectivity index (χ3n) is 7.02. The van der Waals surface area contributed by atoms with Crippen molar-refractivity contribution in [3.63, 3.8) is 0 Å². The zero-order valence-electron chi connectivity index (χ0n) is 19.8. The van der Waals surface area contributed by atoms with Crippen LogP contribution in [0.1, 0.15) is 46.1 Å². The number of anilines is 1. The van der Waals surface area contributed by atoms with E-state index in [-0.39, 0.29) is 5.69 Å². The van der Waals surface area contributed by atoms with Crippen molar-refractivity contribution < 1.29 is 18.3 Å². The van der Waals surface area contributed by atoms with Gasteiger partial charge in [-0.05, 0) is 73.2 Å². The topological polar surface area (TPSA) is 46.5 Å². The number of benzene rings is 2. The molecule has 2 aliphatic rings. The van der Waals surface area contributed by atoms with E-state index in [1.54, 1.807) is 23.3 Å². The number of thiophene rings is 1. The van der Waals surface area contributed by atoms with Crippen LogP contribution in [-0.2, 0) is 19.4 Å². The van der Waals surface area contributed by atoms with E-state index in [0.29, 0.717) is 12.3 Å². The van der Waals surface area contributed by atoms with Crippen LogP contribution in [0.2, 0.25) is 0 Å². The number of halogens is 2. The van der Waals surface area contributed by atoms with Crippen LogP contribution in [0.25, 0.3) is 5.00 Å². The summed E-state index contributed by atoms with van der Waals surface area (Å²) in [5, 5.41) is 3.76. The second-order valence-corrected chi connectivity index (χ2v) is 10.2. The van der Waals surface area contributed by atoms with Gasteiger partial charge in [-0.2, -0.15) is 0 Å². The molecular weight excluding hydrogens is 480 g/mol. The number of carbonyl (C=O) groups excluding carboxylic acids is 1. The second-order valence-electron chi connectivity index (χ2n) is 9.16. The number of hydrogen-bond acceptors (Lipinski definition) is 3. The number of hydrogen-bond donors (Lipinski definition) is 1. The number of urea groups is 1. The minimum atomic E-state index is -0.686. The van der Waals surface area contributed by atoms with Gasteiger partial charge in [0.2, 0.25) is 0 Å². The summed E-state index contributed by atoms with van der Waals surface area (Å²) >= 11 is 1.80. The van der Waals surface area contributed by atoms with Crippen LogP contribution >= 0.6 is 11.3 Å². The summed E-state index contributed by atoms with van der Waals surface area (Å²) in [5.41, 5.74) is 4.06. The van der Waals surface area contributed by atoms with E-state index in [1.165, 1.54) is 16.9 Å². The fourth-order valence-corrected chi connectivity index (χ4v) is 6.73. The van der Waals surface area contributed by atoms with Gasteiger partial charge in [-0.25, -0.2) is 13.6 Å². The highest BCUT2D eigenvalue weighted by Gasteiger charge is 2.36. The highest BCUT2D eigenvalue weighted by Crippen LogP contribution is 2.44. The lowest BCUT2D eigenvalue weighted by molar-refractivity contribution is 0.194. The summed E-state index contributed by atoms with van der Waals surface area (Å²) in [4.78, 5) is 16.9. The predicted octanol–water partition coefficient (Wildman–Crippen LogP) is 6.84. The first-order chi connectivity index (χ1) is 17.5. The van der Waals surface area contributed by atoms with Crippen molar-refractivity contribution in [1.29, 1.82) is 0 Å². The number of rotatable bonds is 3. The molecule has 0 spiro atoms. The molecule has 2 aromatic carbocycles. The molecule has 5 nitrogen and oxygen atoms in total. The summed E-state index contributed by atoms with van der Waals surface area (Å²) in [6.07, 6.45) is 6.35. The second kappa shape index (κ2) is 9.09. The highest BCUT2D eigenvalue weighted by molar-refractivity contribution is 7.15. The first-order valence-electron chi connectivity index (χ1n) is 12.0. The number of nitrogens with zero attached hydrogens (tertiary/aromatic N) is 2. The molecule has 1 unspecified atom stereocenters. The van der Waals surface area contributed by atoms with Crippen molar-refractivity contribution >= 4 is 23.1 Å². The Morgan fingerprint density at radius 3 is 2.78 bits per heavy atom. The van der Waals surface area contributed by atoms with E-state index >= 15 is 0 Å². The minimum absolute atomic E-state index is 0.184. The lowest BCUT2D eigenvalue weighted by Crippen LogP contribution is -2.38. The number of aromatic nitrogens is 1. The van der Waals surface area contributed by atoms with Gasteiger partial charge in [-0.3, -0.25) is 0 Å². The van der Waals surface area contributed by atoms with E-state index in [9.17, 15) is 13.6 Å². The summed E-state index contributed by atoms with van der Waals surface area (Å²) in [7, 11) is 1.61. The molecule has 1 atom stereocenters. The van der Waals surface area contributed by atoms with Crippen molar-refractivity contribution in [1.82, 2.24) is 9.47 Å². The van der Waals surface area contributed by atoms with Crippen molar-refractivity contribution in [2.45, 2.75) is 38.3 Å². The molecule has 6 rings (SSSR count). The van der Waals surface area contributed by atoms with Crippen LogP contribution in [0.3, 0.4) is 0 Å². The number of nitrogens with one attached hydrogen (secondary N) is 1. The number of carbonyl (C=O) groups is 1. The Labute approximate surface area is 211 Å². The molecular formula is C28H25F2N3O2S. The summed E-state index contributed by atoms with van der Waals surface area (Å²) in [5.74, 6) is -0.622. The van der Waals surface area contributed by atoms with Gasteiger partial charge in [0, 0.05) is 22.7 Å². The van der Waals surface area contributed by atoms with Gasteiger partial charge < -0.3 is 19.5 Å². The Bertz CT molecular complexity index is 1460. The molecule has 8 heteroatoms. The van der Waals surface area contributed by atoms with Gasteiger partial charge in [-0.1, -0.05) is 12.1 Å². The molecule has 184 valence electrons. The molecule has 0 bridgehead atoms. The van der Waals surface area contributed by atoms with Crippen molar-refractivity contribution in [3.8, 4) is 10.8 Å². The third-order valence-corrected chi connectivity index (χ3v) is 8.35. The number of aryl methyl sites for hydroxylation is 1. The Morgan fingerprint density at radius 2 is 1.92 bits per heavy atom. The SMILES string of the molecule is COc1cccc(C2c3cccn3-c3sc4c(c3CN2C(=O)Nc2cc(F)ccc2F)CCCC4)c1. The van der Waals surface area contributed by atoms with Crippen molar-refractivity contribution in [3.05, 3.63) is 99.7 Å². The summed E-state index contributed by atoms with van der Waals surface area (Å²) < 4.78 is 36.0. The Morgan fingerprint density at radius 1 is 1.06 bits per heavy atom. The molecule has 1 aliphatic carbocycles. The third kappa shape index (κ3) is 3.86. The smallest absolute Gasteiger partial charge is 0.323 e. The van der Waals surface area contributed by atoms with E-state index in [0.717, 1.165) is 59.3 Å². The van der Waals surface area contributed by atoms with Crippen LogP contribution in [0.15, 0.2) is 60.8 Å². The lowest BCUT2D eigenvalue weighted by atomic mass is 9.95. The Hall–Kier alpha value is -3.65. The van der Waals surface area contributed by atoms with Crippen molar-refractivity contribution in [2.24, 2.45) is 0 Å². The largest absolute Gasteiger partial charge is 0.497 e. The zero-order valence-corrected chi connectivity index (χ0v) is 20.6. The number of fused-ring (bicyclic) bond motifs is 5. The Kier molecular flexibility index (Phi) is 5.76. The van der Waals surface area contributed by atoms with Gasteiger partial charge in [0.25, 0.3) is 0 Å². The van der Waals surface area contributed by atoms with Crippen molar-refractivity contribution in [2.75, 3.05) is 12.4 Å². The van der Waals surface area contributed by atoms with Crippen LogP contribution in [0.4, 0.5) is 19.3 Å². The number of methoxy groups -OCH3 is 1. The molecule has 1 N–H and O–H groups in total. The van der Waals surface area contributed by atoms with Gasteiger partial charge in [-0.15, -0.1) is 11.3 Å². The quantitative estimate of drug-likeness (QED) is 0.331. The average molecular weight is 506 g/mol. The fourth-order valence-electron chi connectivity index (χ4n) is 5.33. The van der Waals surface area contributed by atoms with E-state index in [4.69, 9.17) is 4.74 Å². The monoisotopic (exact) mass is 505 g/mol. The zero-order chi connectivity index (χ0) is 24.8. The highest BCUT2D eigenvalue weighted by atomic mass is 32.1. The summed E-state index contributed by atoms with van der Waals surface area (Å²) in [6, 6.07) is 13.7. The molecule has 0 radical (unpaired) electrons. The van der Waals surface area contributed by atoms with E-state index < -0.39 is 23.7 Å². The molecule has 0 fully saturated rings. The first-order valence-corrected chi connectivity index (χ1v) is 12.8. The molecule has 0 saturated carbocycles. The maximum atomic E-state index is 14.5. The average Bonchev–Trinajstić information content (AvgIpc) is 3.48. The van der Waals surface area contributed by atoms with E-state index in [1.807, 2.05) is 42.6 Å². The van der Waals surface area contributed by atoms with Crippen LogP contribution in [0.5, 0.6) is 5.75 Å². The number of ether oxygens (including phenoxy) is 1. The van der Waals surface area contributed by atoms with Gasteiger partial charge in [0.05, 0.1) is 31.1 Å². The first kappa shape index (κ1) is 22.8. The maximum absolute atomic E-state index is 14.5. The molecule has 0 saturated heterocycles. The predicted molar refractivity (Wildman–Crippen MR) is 136 cm³/mol. The molecule has 1 aliphatic heterocycles. The molecule has 3 heterocycles. The maximum Gasteiger partial charge on any atom is 0.323 e. The normalized spacial score (nSPS) is 16.5. The van der Waals surface area contributed by atoms with Gasteiger partial charge in [0.15, 0.2) is 0 Å². The minimum Gasteiger partial charge on any atom is -0.497 e. The number of amides is 2. The summed E-state index contributed by atoms with van der Waals surface area (Å²) in [6.45, 7) is 0.355. The Balaban J connectivity index is 1.51.